The maximum atomic E-state index is 12.3. The molecule has 0 N–H and O–H groups in total. The topological polar surface area (TPSA) is 65.1 Å². The molecule has 0 spiro atoms. The number of rotatable bonds is 4. The van der Waals surface area contributed by atoms with Crippen molar-refractivity contribution in [1.29, 1.82) is 0 Å². The van der Waals surface area contributed by atoms with Gasteiger partial charge in [0.1, 0.15) is 12.4 Å². The van der Waals surface area contributed by atoms with Crippen LogP contribution in [-0.4, -0.2) is 35.4 Å². The van der Waals surface area contributed by atoms with Crippen LogP contribution in [0.4, 0.5) is 13.2 Å². The van der Waals surface area contributed by atoms with Crippen LogP contribution in [0.15, 0.2) is 36.4 Å². The van der Waals surface area contributed by atoms with Crippen LogP contribution in [0, 0.1) is 11.8 Å². The predicted octanol–water partition coefficient (Wildman–Crippen LogP) is 1.96. The van der Waals surface area contributed by atoms with Gasteiger partial charge in [-0.05, 0) is 17.7 Å². The molecule has 2 bridgehead atoms. The van der Waals surface area contributed by atoms with E-state index in [0.717, 1.165) is 17.2 Å². The normalized spacial score (nSPS) is 30.3. The Bertz CT molecular complexity index is 715. The summed E-state index contributed by atoms with van der Waals surface area (Å²) in [6, 6.07) is 4.99. The number of fused-ring (bicyclic) bond motifs is 5. The zero-order valence-electron chi connectivity index (χ0n) is 12.6. The van der Waals surface area contributed by atoms with Gasteiger partial charge in [0.05, 0.1) is 24.0 Å². The van der Waals surface area contributed by atoms with E-state index >= 15 is 0 Å². The minimum absolute atomic E-state index is 0.132. The van der Waals surface area contributed by atoms with Crippen molar-refractivity contribution in [2.75, 3.05) is 0 Å². The summed E-state index contributed by atoms with van der Waals surface area (Å²) in [6.07, 6.45) is -2.04. The van der Waals surface area contributed by atoms with Crippen molar-refractivity contribution in [2.45, 2.75) is 25.2 Å². The van der Waals surface area contributed by atoms with E-state index in [-0.39, 0.29) is 12.4 Å². The van der Waals surface area contributed by atoms with E-state index in [4.69, 9.17) is 9.57 Å². The largest absolute Gasteiger partial charge is 0.573 e. The molecule has 2 amide bonds. The van der Waals surface area contributed by atoms with Crippen LogP contribution in [0.2, 0.25) is 0 Å². The second kappa shape index (κ2) is 5.57. The highest BCUT2D eigenvalue weighted by atomic mass is 19.4. The van der Waals surface area contributed by atoms with E-state index in [1.165, 1.54) is 12.1 Å². The highest BCUT2D eigenvalue weighted by molar-refractivity contribution is 6.05. The van der Waals surface area contributed by atoms with Crippen LogP contribution in [-0.2, 0) is 25.8 Å². The monoisotopic (exact) mass is 355 g/mol. The summed E-state index contributed by atoms with van der Waals surface area (Å²) in [4.78, 5) is 30.0. The first-order chi connectivity index (χ1) is 11.8. The van der Waals surface area contributed by atoms with Crippen molar-refractivity contribution in [3.05, 3.63) is 42.0 Å². The fourth-order valence-corrected chi connectivity index (χ4v) is 3.33. The number of nitrogens with zero attached hydrogens (tertiary/aromatic N) is 1. The quantitative estimate of drug-likeness (QED) is 0.610. The van der Waals surface area contributed by atoms with Gasteiger partial charge in [-0.15, -0.1) is 13.2 Å². The molecule has 4 atom stereocenters. The van der Waals surface area contributed by atoms with Gasteiger partial charge < -0.3 is 9.47 Å². The van der Waals surface area contributed by atoms with Crippen LogP contribution in [0.1, 0.15) is 5.56 Å². The van der Waals surface area contributed by atoms with Gasteiger partial charge in [0.15, 0.2) is 0 Å². The fraction of sp³-hybridized carbons (Fsp3) is 0.375. The number of alkyl halides is 3. The fourth-order valence-electron chi connectivity index (χ4n) is 3.33. The lowest BCUT2D eigenvalue weighted by Gasteiger charge is -2.17. The van der Waals surface area contributed by atoms with Gasteiger partial charge in [-0.2, -0.15) is 5.06 Å². The standard InChI is InChI=1S/C16H12F3NO5/c17-16(18,19)25-9-3-1-8(2-4-9)7-23-20-14(21)12-10-5-6-11(24-10)13(12)15(20)22/h1-6,10-13H,7H2/t10-,11+,12+,13-. The molecule has 3 aliphatic rings. The van der Waals surface area contributed by atoms with Gasteiger partial charge in [-0.3, -0.25) is 14.4 Å². The third-order valence-electron chi connectivity index (χ3n) is 4.39. The maximum absolute atomic E-state index is 12.3. The molecule has 1 aromatic carbocycles. The molecule has 0 radical (unpaired) electrons. The van der Waals surface area contributed by atoms with Crippen LogP contribution in [0.25, 0.3) is 0 Å². The maximum Gasteiger partial charge on any atom is 0.573 e. The second-order valence-corrected chi connectivity index (χ2v) is 5.94. The number of carbonyl (C=O) groups excluding carboxylic acids is 2. The van der Waals surface area contributed by atoms with Gasteiger partial charge in [-0.1, -0.05) is 24.3 Å². The van der Waals surface area contributed by atoms with Crippen LogP contribution >= 0.6 is 0 Å². The van der Waals surface area contributed by atoms with E-state index < -0.39 is 42.2 Å². The molecule has 4 rings (SSSR count). The molecule has 0 aliphatic carbocycles. The number of benzene rings is 1. The molecule has 0 unspecified atom stereocenters. The van der Waals surface area contributed by atoms with Crippen molar-refractivity contribution < 1.29 is 37.1 Å². The van der Waals surface area contributed by atoms with Gasteiger partial charge in [0.2, 0.25) is 0 Å². The lowest BCUT2D eigenvalue weighted by molar-refractivity contribution is -0.274. The molecule has 0 aromatic heterocycles. The summed E-state index contributed by atoms with van der Waals surface area (Å²) >= 11 is 0. The first kappa shape index (κ1) is 16.1. The highest BCUT2D eigenvalue weighted by Gasteiger charge is 2.61. The zero-order valence-corrected chi connectivity index (χ0v) is 12.6. The highest BCUT2D eigenvalue weighted by Crippen LogP contribution is 2.45. The molecule has 3 aliphatic heterocycles. The number of hydrogen-bond donors (Lipinski definition) is 0. The Morgan fingerprint density at radius 1 is 1.00 bits per heavy atom. The summed E-state index contributed by atoms with van der Waals surface area (Å²) in [5, 5.41) is 0.741. The van der Waals surface area contributed by atoms with Gasteiger partial charge in [0.25, 0.3) is 11.8 Å². The van der Waals surface area contributed by atoms with Crippen LogP contribution in [0.5, 0.6) is 5.75 Å². The number of ether oxygens (including phenoxy) is 2. The number of imide groups is 1. The lowest BCUT2D eigenvalue weighted by atomic mass is 9.85. The Hall–Kier alpha value is -2.39. The first-order valence-corrected chi connectivity index (χ1v) is 7.53. The summed E-state index contributed by atoms with van der Waals surface area (Å²) < 4.78 is 45.6. The number of hydrogen-bond acceptors (Lipinski definition) is 5. The Labute approximate surface area is 139 Å². The van der Waals surface area contributed by atoms with Crippen LogP contribution in [0.3, 0.4) is 0 Å². The smallest absolute Gasteiger partial charge is 0.406 e. The number of carbonyl (C=O) groups is 2. The van der Waals surface area contributed by atoms with Crippen molar-refractivity contribution in [2.24, 2.45) is 11.8 Å². The molecular formula is C16H12F3NO5. The SMILES string of the molecule is O=C1[C@@H]2[C@H](C(=O)N1OCc1ccc(OC(F)(F)F)cc1)[C@@H]1C=C[C@H]2O1. The average molecular weight is 355 g/mol. The van der Waals surface area contributed by atoms with Crippen molar-refractivity contribution in [1.82, 2.24) is 5.06 Å². The number of amides is 2. The molecule has 9 heteroatoms. The second-order valence-electron chi connectivity index (χ2n) is 5.94. The van der Waals surface area contributed by atoms with E-state index in [1.54, 1.807) is 12.2 Å². The molecule has 3 heterocycles. The lowest BCUT2D eigenvalue weighted by Crippen LogP contribution is -2.34. The average Bonchev–Trinajstić information content (AvgIpc) is 3.21. The summed E-state index contributed by atoms with van der Waals surface area (Å²) in [7, 11) is 0. The number of halogens is 3. The first-order valence-electron chi connectivity index (χ1n) is 7.53. The molecule has 1 aromatic rings. The zero-order chi connectivity index (χ0) is 17.8. The third-order valence-corrected chi connectivity index (χ3v) is 4.39. The third kappa shape index (κ3) is 2.79. The van der Waals surface area contributed by atoms with E-state index in [2.05, 4.69) is 4.74 Å². The Morgan fingerprint density at radius 2 is 1.56 bits per heavy atom. The molecule has 0 saturated carbocycles. The molecule has 2 fully saturated rings. The van der Waals surface area contributed by atoms with Crippen molar-refractivity contribution in [3.8, 4) is 5.75 Å². The minimum atomic E-state index is -4.76. The number of hydroxylamine groups is 2. The van der Waals surface area contributed by atoms with Gasteiger partial charge >= 0.3 is 6.36 Å². The summed E-state index contributed by atoms with van der Waals surface area (Å²) in [5.74, 6) is -2.40. The molecule has 2 saturated heterocycles. The van der Waals surface area contributed by atoms with E-state index in [1.807, 2.05) is 0 Å². The van der Waals surface area contributed by atoms with Crippen molar-refractivity contribution >= 4 is 11.8 Å². The Kier molecular flexibility index (Phi) is 3.58. The molecular weight excluding hydrogens is 343 g/mol. The van der Waals surface area contributed by atoms with E-state index in [0.29, 0.717) is 5.56 Å². The summed E-state index contributed by atoms with van der Waals surface area (Å²) in [5.41, 5.74) is 0.490. The predicted molar refractivity (Wildman–Crippen MR) is 74.5 cm³/mol. The Balaban J connectivity index is 1.39. The van der Waals surface area contributed by atoms with Gasteiger partial charge in [-0.25, -0.2) is 0 Å². The van der Waals surface area contributed by atoms with Gasteiger partial charge in [0, 0.05) is 0 Å². The molecule has 6 nitrogen and oxygen atoms in total. The Morgan fingerprint density at radius 3 is 2.08 bits per heavy atom. The van der Waals surface area contributed by atoms with Crippen LogP contribution < -0.4 is 4.74 Å². The molecule has 132 valence electrons. The van der Waals surface area contributed by atoms with Crippen molar-refractivity contribution in [3.63, 3.8) is 0 Å². The summed E-state index contributed by atoms with van der Waals surface area (Å²) in [6.45, 7) is -0.132. The minimum Gasteiger partial charge on any atom is -0.406 e. The molecule has 25 heavy (non-hydrogen) atoms. The van der Waals surface area contributed by atoms with E-state index in [9.17, 15) is 22.8 Å².